The highest BCUT2D eigenvalue weighted by Gasteiger charge is 2.20. The molecule has 15 heavy (non-hydrogen) atoms. The SMILES string of the molecule is CC(N)c1cccc(N2CCCC2C)c1. The summed E-state index contributed by atoms with van der Waals surface area (Å²) in [7, 11) is 0. The minimum Gasteiger partial charge on any atom is -0.369 e. The summed E-state index contributed by atoms with van der Waals surface area (Å²) in [6, 6.07) is 9.44. The minimum atomic E-state index is 0.128. The van der Waals surface area contributed by atoms with Gasteiger partial charge in [-0.25, -0.2) is 0 Å². The van der Waals surface area contributed by atoms with Crippen molar-refractivity contribution in [1.82, 2.24) is 0 Å². The van der Waals surface area contributed by atoms with Gasteiger partial charge >= 0.3 is 0 Å². The summed E-state index contributed by atoms with van der Waals surface area (Å²) in [5.74, 6) is 0. The molecule has 0 aliphatic carbocycles. The van der Waals surface area contributed by atoms with E-state index in [1.807, 2.05) is 6.92 Å². The Morgan fingerprint density at radius 2 is 2.27 bits per heavy atom. The summed E-state index contributed by atoms with van der Waals surface area (Å²) in [4.78, 5) is 2.48. The van der Waals surface area contributed by atoms with Gasteiger partial charge in [0.25, 0.3) is 0 Å². The molecule has 82 valence electrons. The maximum Gasteiger partial charge on any atom is 0.0371 e. The molecule has 1 fully saturated rings. The molecule has 0 saturated carbocycles. The molecular weight excluding hydrogens is 184 g/mol. The Kier molecular flexibility index (Phi) is 2.96. The van der Waals surface area contributed by atoms with E-state index >= 15 is 0 Å². The Labute approximate surface area is 92.1 Å². The van der Waals surface area contributed by atoms with Crippen molar-refractivity contribution in [3.8, 4) is 0 Å². The van der Waals surface area contributed by atoms with Crippen LogP contribution in [0.5, 0.6) is 0 Å². The van der Waals surface area contributed by atoms with Crippen LogP contribution in [0.4, 0.5) is 5.69 Å². The number of nitrogens with zero attached hydrogens (tertiary/aromatic N) is 1. The third-order valence-electron chi connectivity index (χ3n) is 3.28. The zero-order chi connectivity index (χ0) is 10.8. The van der Waals surface area contributed by atoms with Crippen LogP contribution in [0.1, 0.15) is 38.3 Å². The molecule has 0 radical (unpaired) electrons. The predicted octanol–water partition coefficient (Wildman–Crippen LogP) is 2.70. The fourth-order valence-corrected chi connectivity index (χ4v) is 2.30. The number of nitrogens with two attached hydrogens (primary N) is 1. The molecule has 2 atom stereocenters. The second-order valence-electron chi connectivity index (χ2n) is 4.57. The highest BCUT2D eigenvalue weighted by molar-refractivity contribution is 5.50. The lowest BCUT2D eigenvalue weighted by molar-refractivity contribution is 0.733. The first-order valence-electron chi connectivity index (χ1n) is 5.80. The molecule has 2 N–H and O–H groups in total. The molecule has 1 aliphatic rings. The van der Waals surface area contributed by atoms with Crippen molar-refractivity contribution in [3.05, 3.63) is 29.8 Å². The second kappa shape index (κ2) is 4.23. The van der Waals surface area contributed by atoms with Gasteiger partial charge in [-0.1, -0.05) is 12.1 Å². The van der Waals surface area contributed by atoms with Gasteiger partial charge in [0.05, 0.1) is 0 Å². The van der Waals surface area contributed by atoms with Gasteiger partial charge in [-0.2, -0.15) is 0 Å². The topological polar surface area (TPSA) is 29.3 Å². The average molecular weight is 204 g/mol. The summed E-state index contributed by atoms with van der Waals surface area (Å²) >= 11 is 0. The smallest absolute Gasteiger partial charge is 0.0371 e. The molecule has 1 heterocycles. The minimum absolute atomic E-state index is 0.128. The average Bonchev–Trinajstić information content (AvgIpc) is 2.64. The summed E-state index contributed by atoms with van der Waals surface area (Å²) in [6.07, 6.45) is 2.62. The fraction of sp³-hybridized carbons (Fsp3) is 0.538. The van der Waals surface area contributed by atoms with E-state index < -0.39 is 0 Å². The molecule has 1 aromatic carbocycles. The van der Waals surface area contributed by atoms with Crippen molar-refractivity contribution in [3.63, 3.8) is 0 Å². The van der Waals surface area contributed by atoms with Crippen molar-refractivity contribution >= 4 is 5.69 Å². The lowest BCUT2D eigenvalue weighted by Crippen LogP contribution is -2.26. The van der Waals surface area contributed by atoms with Crippen LogP contribution >= 0.6 is 0 Å². The number of benzene rings is 1. The Morgan fingerprint density at radius 1 is 1.47 bits per heavy atom. The summed E-state index contributed by atoms with van der Waals surface area (Å²) in [6.45, 7) is 5.52. The lowest BCUT2D eigenvalue weighted by atomic mass is 10.1. The fourth-order valence-electron chi connectivity index (χ4n) is 2.30. The standard InChI is InChI=1S/C13H20N2/c1-10-5-4-8-15(10)13-7-3-6-12(9-13)11(2)14/h3,6-7,9-11H,4-5,8,14H2,1-2H3. The van der Waals surface area contributed by atoms with Crippen LogP contribution in [0, 0.1) is 0 Å². The molecule has 0 spiro atoms. The molecule has 0 aromatic heterocycles. The van der Waals surface area contributed by atoms with Gasteiger partial charge in [-0.15, -0.1) is 0 Å². The molecule has 2 nitrogen and oxygen atoms in total. The van der Waals surface area contributed by atoms with Crippen LogP contribution in [-0.2, 0) is 0 Å². The van der Waals surface area contributed by atoms with Crippen LogP contribution in [0.25, 0.3) is 0 Å². The molecule has 1 saturated heterocycles. The Bertz CT molecular complexity index is 333. The lowest BCUT2D eigenvalue weighted by Gasteiger charge is -2.24. The van der Waals surface area contributed by atoms with Crippen molar-refractivity contribution < 1.29 is 0 Å². The first kappa shape index (κ1) is 10.5. The van der Waals surface area contributed by atoms with Gasteiger partial charge in [-0.3, -0.25) is 0 Å². The largest absolute Gasteiger partial charge is 0.369 e. The van der Waals surface area contributed by atoms with E-state index in [0.717, 1.165) is 0 Å². The van der Waals surface area contributed by atoms with Crippen LogP contribution in [0.15, 0.2) is 24.3 Å². The highest BCUT2D eigenvalue weighted by atomic mass is 15.2. The van der Waals surface area contributed by atoms with E-state index in [-0.39, 0.29) is 6.04 Å². The summed E-state index contributed by atoms with van der Waals surface area (Å²) < 4.78 is 0. The summed E-state index contributed by atoms with van der Waals surface area (Å²) in [5, 5.41) is 0. The first-order chi connectivity index (χ1) is 7.18. The molecule has 2 rings (SSSR count). The Hall–Kier alpha value is -1.02. The predicted molar refractivity (Wildman–Crippen MR) is 65.1 cm³/mol. The van der Waals surface area contributed by atoms with Crippen LogP contribution in [0.2, 0.25) is 0 Å². The summed E-state index contributed by atoms with van der Waals surface area (Å²) in [5.41, 5.74) is 8.45. The highest BCUT2D eigenvalue weighted by Crippen LogP contribution is 2.26. The van der Waals surface area contributed by atoms with Crippen molar-refractivity contribution in [2.45, 2.75) is 38.8 Å². The van der Waals surface area contributed by atoms with E-state index in [0.29, 0.717) is 6.04 Å². The van der Waals surface area contributed by atoms with E-state index in [2.05, 4.69) is 36.1 Å². The van der Waals surface area contributed by atoms with Crippen LogP contribution in [-0.4, -0.2) is 12.6 Å². The molecule has 0 amide bonds. The monoisotopic (exact) mass is 204 g/mol. The molecule has 0 bridgehead atoms. The number of anilines is 1. The van der Waals surface area contributed by atoms with Gasteiger partial charge < -0.3 is 10.6 Å². The zero-order valence-electron chi connectivity index (χ0n) is 9.61. The first-order valence-corrected chi connectivity index (χ1v) is 5.80. The molecule has 2 unspecified atom stereocenters. The molecule has 1 aromatic rings. The zero-order valence-corrected chi connectivity index (χ0v) is 9.61. The third kappa shape index (κ3) is 2.15. The van der Waals surface area contributed by atoms with E-state index in [4.69, 9.17) is 5.73 Å². The van der Waals surface area contributed by atoms with Gasteiger partial charge in [0.1, 0.15) is 0 Å². The second-order valence-corrected chi connectivity index (χ2v) is 4.57. The number of rotatable bonds is 2. The van der Waals surface area contributed by atoms with Crippen molar-refractivity contribution in [2.24, 2.45) is 5.73 Å². The Balaban J connectivity index is 2.24. The van der Waals surface area contributed by atoms with Gasteiger partial charge in [0.15, 0.2) is 0 Å². The molecular formula is C13H20N2. The van der Waals surface area contributed by atoms with Crippen molar-refractivity contribution in [1.29, 1.82) is 0 Å². The molecule has 1 aliphatic heterocycles. The number of hydrogen-bond donors (Lipinski definition) is 1. The quantitative estimate of drug-likeness (QED) is 0.802. The maximum atomic E-state index is 5.90. The van der Waals surface area contributed by atoms with Gasteiger partial charge in [0, 0.05) is 24.3 Å². The van der Waals surface area contributed by atoms with E-state index in [1.165, 1.54) is 30.6 Å². The third-order valence-corrected chi connectivity index (χ3v) is 3.28. The maximum absolute atomic E-state index is 5.90. The van der Waals surface area contributed by atoms with Gasteiger partial charge in [-0.05, 0) is 44.4 Å². The number of hydrogen-bond acceptors (Lipinski definition) is 2. The van der Waals surface area contributed by atoms with Crippen molar-refractivity contribution in [2.75, 3.05) is 11.4 Å². The Morgan fingerprint density at radius 3 is 2.87 bits per heavy atom. The molecule has 2 heteroatoms. The van der Waals surface area contributed by atoms with Gasteiger partial charge in [0.2, 0.25) is 0 Å². The van der Waals surface area contributed by atoms with Crippen LogP contribution in [0.3, 0.4) is 0 Å². The normalized spacial score (nSPS) is 23.1. The van der Waals surface area contributed by atoms with Crippen LogP contribution < -0.4 is 10.6 Å². The van der Waals surface area contributed by atoms with E-state index in [9.17, 15) is 0 Å². The van der Waals surface area contributed by atoms with E-state index in [1.54, 1.807) is 0 Å².